The minimum absolute atomic E-state index is 0.233. The highest BCUT2D eigenvalue weighted by molar-refractivity contribution is 5.28. The maximum Gasteiger partial charge on any atom is 0.104 e. The van der Waals surface area contributed by atoms with Crippen LogP contribution in [0.1, 0.15) is 43.2 Å². The summed E-state index contributed by atoms with van der Waals surface area (Å²) in [5.41, 5.74) is 4.20. The Morgan fingerprint density at radius 1 is 1.00 bits per heavy atom. The molecule has 1 aromatic heterocycles. The van der Waals surface area contributed by atoms with E-state index in [1.54, 1.807) is 0 Å². The van der Waals surface area contributed by atoms with Crippen LogP contribution in [0.15, 0.2) is 41.0 Å². The fourth-order valence-corrected chi connectivity index (χ4v) is 2.06. The third-order valence-electron chi connectivity index (χ3n) is 3.26. The van der Waals surface area contributed by atoms with Crippen molar-refractivity contribution in [2.75, 3.05) is 0 Å². The summed E-state index contributed by atoms with van der Waals surface area (Å²) < 4.78 is 5.46. The molecule has 0 saturated carbocycles. The molecule has 0 saturated heterocycles. The lowest BCUT2D eigenvalue weighted by molar-refractivity contribution is 0.507. The van der Waals surface area contributed by atoms with Crippen LogP contribution in [-0.2, 0) is 18.3 Å². The predicted molar refractivity (Wildman–Crippen MR) is 76.0 cm³/mol. The van der Waals surface area contributed by atoms with Crippen molar-refractivity contribution in [1.82, 2.24) is 0 Å². The molecule has 2 aromatic rings. The Hall–Kier alpha value is -1.50. The van der Waals surface area contributed by atoms with Crippen molar-refractivity contribution in [2.45, 2.75) is 46.0 Å². The number of rotatable bonds is 3. The summed E-state index contributed by atoms with van der Waals surface area (Å²) in [6.07, 6.45) is 3.83. The highest BCUT2D eigenvalue weighted by Gasteiger charge is 2.12. The molecule has 2 rings (SSSR count). The first-order valence-electron chi connectivity index (χ1n) is 6.58. The standard InChI is InChI=1S/C17H22O/c1-13-11-16(18-12-13)10-7-14-5-8-15(9-6-14)17(2,3)4/h5-6,8-9,11-12H,7,10H2,1-4H3. The van der Waals surface area contributed by atoms with Gasteiger partial charge in [-0.2, -0.15) is 0 Å². The summed E-state index contributed by atoms with van der Waals surface area (Å²) in [7, 11) is 0. The molecule has 1 nitrogen and oxygen atoms in total. The van der Waals surface area contributed by atoms with E-state index >= 15 is 0 Å². The summed E-state index contributed by atoms with van der Waals surface area (Å²) in [6, 6.07) is 11.1. The minimum atomic E-state index is 0.233. The molecule has 96 valence electrons. The molecule has 0 amide bonds. The van der Waals surface area contributed by atoms with E-state index in [4.69, 9.17) is 4.42 Å². The Kier molecular flexibility index (Phi) is 3.60. The van der Waals surface area contributed by atoms with Crippen LogP contribution in [0.5, 0.6) is 0 Å². The zero-order valence-corrected chi connectivity index (χ0v) is 11.8. The molecule has 18 heavy (non-hydrogen) atoms. The van der Waals surface area contributed by atoms with Gasteiger partial charge >= 0.3 is 0 Å². The Balaban J connectivity index is 1.98. The highest BCUT2D eigenvalue weighted by Crippen LogP contribution is 2.22. The fourth-order valence-electron chi connectivity index (χ4n) is 2.06. The molecule has 0 spiro atoms. The second kappa shape index (κ2) is 5.01. The van der Waals surface area contributed by atoms with Crippen LogP contribution >= 0.6 is 0 Å². The first kappa shape index (κ1) is 12.9. The molecular formula is C17H22O. The zero-order chi connectivity index (χ0) is 13.2. The normalized spacial score (nSPS) is 11.8. The van der Waals surface area contributed by atoms with Crippen molar-refractivity contribution in [1.29, 1.82) is 0 Å². The van der Waals surface area contributed by atoms with Gasteiger partial charge in [0.15, 0.2) is 0 Å². The van der Waals surface area contributed by atoms with Crippen molar-refractivity contribution in [3.05, 3.63) is 59.0 Å². The molecule has 0 aliphatic heterocycles. The van der Waals surface area contributed by atoms with Gasteiger partial charge < -0.3 is 4.42 Å². The predicted octanol–water partition coefficient (Wildman–Crippen LogP) is 4.67. The monoisotopic (exact) mass is 242 g/mol. The molecule has 1 aromatic carbocycles. The number of aryl methyl sites for hydroxylation is 3. The van der Waals surface area contributed by atoms with Crippen LogP contribution in [0.3, 0.4) is 0 Å². The van der Waals surface area contributed by atoms with E-state index in [1.807, 2.05) is 6.26 Å². The van der Waals surface area contributed by atoms with E-state index in [9.17, 15) is 0 Å². The van der Waals surface area contributed by atoms with Crippen LogP contribution in [0.25, 0.3) is 0 Å². The Morgan fingerprint density at radius 3 is 2.17 bits per heavy atom. The Bertz CT molecular complexity index is 497. The summed E-state index contributed by atoms with van der Waals surface area (Å²) in [5.74, 6) is 1.08. The average molecular weight is 242 g/mol. The van der Waals surface area contributed by atoms with Gasteiger partial charge in [-0.25, -0.2) is 0 Å². The van der Waals surface area contributed by atoms with Crippen molar-refractivity contribution >= 4 is 0 Å². The largest absolute Gasteiger partial charge is 0.469 e. The van der Waals surface area contributed by atoms with Crippen LogP contribution in [0.4, 0.5) is 0 Å². The first-order chi connectivity index (χ1) is 8.45. The lowest BCUT2D eigenvalue weighted by Crippen LogP contribution is -2.10. The van der Waals surface area contributed by atoms with E-state index in [2.05, 4.69) is 58.0 Å². The summed E-state index contributed by atoms with van der Waals surface area (Å²) in [6.45, 7) is 8.79. The van der Waals surface area contributed by atoms with Crippen molar-refractivity contribution in [2.24, 2.45) is 0 Å². The summed E-state index contributed by atoms with van der Waals surface area (Å²) in [4.78, 5) is 0. The van der Waals surface area contributed by atoms with Gasteiger partial charge in [0.05, 0.1) is 6.26 Å². The third kappa shape index (κ3) is 3.25. The first-order valence-corrected chi connectivity index (χ1v) is 6.58. The van der Waals surface area contributed by atoms with Gasteiger partial charge in [-0.05, 0) is 41.5 Å². The number of furan rings is 1. The van der Waals surface area contributed by atoms with Crippen molar-refractivity contribution < 1.29 is 4.42 Å². The second-order valence-electron chi connectivity index (χ2n) is 6.04. The smallest absolute Gasteiger partial charge is 0.104 e. The number of hydrogen-bond donors (Lipinski definition) is 0. The lowest BCUT2D eigenvalue weighted by Gasteiger charge is -2.19. The van der Waals surface area contributed by atoms with Gasteiger partial charge in [0, 0.05) is 6.42 Å². The maximum atomic E-state index is 5.46. The van der Waals surface area contributed by atoms with Crippen molar-refractivity contribution in [3.8, 4) is 0 Å². The highest BCUT2D eigenvalue weighted by atomic mass is 16.3. The molecule has 0 atom stereocenters. The molecule has 1 heterocycles. The molecule has 0 fully saturated rings. The summed E-state index contributed by atoms with van der Waals surface area (Å²) >= 11 is 0. The molecular weight excluding hydrogens is 220 g/mol. The molecule has 1 heteroatoms. The van der Waals surface area contributed by atoms with Crippen molar-refractivity contribution in [3.63, 3.8) is 0 Å². The van der Waals surface area contributed by atoms with Crippen LogP contribution < -0.4 is 0 Å². The molecule has 0 unspecified atom stereocenters. The van der Waals surface area contributed by atoms with E-state index in [0.29, 0.717) is 0 Å². The number of benzene rings is 1. The van der Waals surface area contributed by atoms with E-state index < -0.39 is 0 Å². The van der Waals surface area contributed by atoms with Gasteiger partial charge in [-0.1, -0.05) is 45.0 Å². The maximum absolute atomic E-state index is 5.46. The molecule has 0 N–H and O–H groups in total. The molecule has 0 bridgehead atoms. The SMILES string of the molecule is Cc1coc(CCc2ccc(C(C)(C)C)cc2)c1. The van der Waals surface area contributed by atoms with Gasteiger partial charge in [-0.3, -0.25) is 0 Å². The molecule has 0 radical (unpaired) electrons. The van der Waals surface area contributed by atoms with E-state index in [1.165, 1.54) is 16.7 Å². The second-order valence-corrected chi connectivity index (χ2v) is 6.04. The average Bonchev–Trinajstić information content (AvgIpc) is 2.72. The van der Waals surface area contributed by atoms with Gasteiger partial charge in [0.1, 0.15) is 5.76 Å². The topological polar surface area (TPSA) is 13.1 Å². The van der Waals surface area contributed by atoms with Gasteiger partial charge in [-0.15, -0.1) is 0 Å². The van der Waals surface area contributed by atoms with Crippen LogP contribution in [0.2, 0.25) is 0 Å². The van der Waals surface area contributed by atoms with E-state index in [-0.39, 0.29) is 5.41 Å². The van der Waals surface area contributed by atoms with Gasteiger partial charge in [0.2, 0.25) is 0 Å². The fraction of sp³-hybridized carbons (Fsp3) is 0.412. The summed E-state index contributed by atoms with van der Waals surface area (Å²) in [5, 5.41) is 0. The Morgan fingerprint density at radius 2 is 1.67 bits per heavy atom. The lowest BCUT2D eigenvalue weighted by atomic mass is 9.86. The minimum Gasteiger partial charge on any atom is -0.469 e. The third-order valence-corrected chi connectivity index (χ3v) is 3.26. The Labute approximate surface area is 110 Å². The molecule has 0 aliphatic rings. The quantitative estimate of drug-likeness (QED) is 0.762. The van der Waals surface area contributed by atoms with Crippen LogP contribution in [-0.4, -0.2) is 0 Å². The van der Waals surface area contributed by atoms with Crippen LogP contribution in [0, 0.1) is 6.92 Å². The molecule has 0 aliphatic carbocycles. The zero-order valence-electron chi connectivity index (χ0n) is 11.8. The van der Waals surface area contributed by atoms with E-state index in [0.717, 1.165) is 18.6 Å². The van der Waals surface area contributed by atoms with Gasteiger partial charge in [0.25, 0.3) is 0 Å². The number of hydrogen-bond acceptors (Lipinski definition) is 1.